The number of anilines is 1. The third kappa shape index (κ3) is 5.24. The molecule has 43 heavy (non-hydrogen) atoms. The first-order chi connectivity index (χ1) is 20.5. The van der Waals surface area contributed by atoms with E-state index in [4.69, 9.17) is 0 Å². The second-order valence-electron chi connectivity index (χ2n) is 10.8. The molecule has 0 bridgehead atoms. The van der Waals surface area contributed by atoms with Gasteiger partial charge in [-0.3, -0.25) is 9.78 Å². The van der Waals surface area contributed by atoms with E-state index in [1.54, 1.807) is 23.4 Å². The monoisotopic (exact) mass is 606 g/mol. The van der Waals surface area contributed by atoms with Gasteiger partial charge in [-0.25, -0.2) is 23.1 Å². The summed E-state index contributed by atoms with van der Waals surface area (Å²) in [6, 6.07) is 5.34. The predicted molar refractivity (Wildman–Crippen MR) is 164 cm³/mol. The number of thioether (sulfide) groups is 1. The highest BCUT2D eigenvalue weighted by Gasteiger charge is 2.31. The number of rotatable bonds is 6. The van der Waals surface area contributed by atoms with Crippen molar-refractivity contribution < 1.29 is 18.7 Å². The number of phenolic OH excluding ortho intramolecular Hbond substituents is 1. The summed E-state index contributed by atoms with van der Waals surface area (Å²) in [5.74, 6) is -2.30. The van der Waals surface area contributed by atoms with Crippen LogP contribution < -0.4 is 10.6 Å². The summed E-state index contributed by atoms with van der Waals surface area (Å²) in [6.07, 6.45) is 4.57. The van der Waals surface area contributed by atoms with Crippen LogP contribution in [-0.2, 0) is 4.79 Å². The van der Waals surface area contributed by atoms with Gasteiger partial charge in [0.05, 0.1) is 22.3 Å². The van der Waals surface area contributed by atoms with Gasteiger partial charge in [-0.2, -0.15) is 4.98 Å². The molecule has 1 aliphatic rings. The number of nitrogens with zero attached hydrogens (tertiary/aromatic N) is 6. The van der Waals surface area contributed by atoms with E-state index >= 15 is 8.78 Å². The van der Waals surface area contributed by atoms with Crippen LogP contribution in [0.3, 0.4) is 0 Å². The molecule has 0 spiro atoms. The summed E-state index contributed by atoms with van der Waals surface area (Å²) < 4.78 is 32.9. The topological polar surface area (TPSA) is 104 Å². The second-order valence-corrected chi connectivity index (χ2v) is 11.6. The minimum atomic E-state index is -0.895. The van der Waals surface area contributed by atoms with Gasteiger partial charge in [0.25, 0.3) is 0 Å². The van der Waals surface area contributed by atoms with Gasteiger partial charge in [-0.15, -0.1) is 11.8 Å². The number of carbonyl (C=O) groups is 1. The van der Waals surface area contributed by atoms with Crippen LogP contribution in [0.15, 0.2) is 52.8 Å². The highest BCUT2D eigenvalue weighted by molar-refractivity contribution is 7.98. The number of aromatic hydroxyl groups is 1. The fourth-order valence-electron chi connectivity index (χ4n) is 5.52. The Bertz CT molecular complexity index is 1830. The minimum absolute atomic E-state index is 0.0366. The fraction of sp³-hybridized carbons (Fsp3) is 0.323. The van der Waals surface area contributed by atoms with Gasteiger partial charge in [-0.05, 0) is 61.9 Å². The van der Waals surface area contributed by atoms with E-state index in [2.05, 4.69) is 21.5 Å². The van der Waals surface area contributed by atoms with Crippen molar-refractivity contribution in [3.8, 4) is 22.7 Å². The normalized spacial score (nSPS) is 15.4. The van der Waals surface area contributed by atoms with Crippen LogP contribution in [-0.4, -0.2) is 67.4 Å². The van der Waals surface area contributed by atoms with Crippen LogP contribution in [0.4, 0.5) is 14.6 Å². The van der Waals surface area contributed by atoms with E-state index in [1.165, 1.54) is 28.8 Å². The molecule has 1 N–H and O–H groups in total. The van der Waals surface area contributed by atoms with Crippen molar-refractivity contribution in [2.45, 2.75) is 44.6 Å². The molecule has 4 heterocycles. The molecule has 1 aliphatic heterocycles. The van der Waals surface area contributed by atoms with Gasteiger partial charge >= 0.3 is 5.69 Å². The Hall–Kier alpha value is -4.32. The molecular formula is C31H32F2N6O3S. The average Bonchev–Trinajstić information content (AvgIpc) is 2.97. The summed E-state index contributed by atoms with van der Waals surface area (Å²) in [7, 11) is 0. The number of phenols is 1. The maximum absolute atomic E-state index is 16.0. The lowest BCUT2D eigenvalue weighted by Crippen LogP contribution is -2.54. The Morgan fingerprint density at radius 2 is 1.95 bits per heavy atom. The molecule has 4 aromatic rings. The van der Waals surface area contributed by atoms with Gasteiger partial charge in [0.15, 0.2) is 11.5 Å². The molecule has 12 heteroatoms. The molecule has 3 aromatic heterocycles. The van der Waals surface area contributed by atoms with Crippen molar-refractivity contribution in [3.63, 3.8) is 0 Å². The number of amides is 1. The molecule has 1 fully saturated rings. The SMILES string of the molecule is C=CC(=O)N1CCN(c2nc(=O)n(-c3c(C)ccnc3C(C)C)c3nc(-c4c(O)ccc(SC)c4F)c(F)cc23)[C@@H](C)C1. The number of fused-ring (bicyclic) bond motifs is 1. The molecule has 1 aromatic carbocycles. The number of halogens is 2. The van der Waals surface area contributed by atoms with Crippen molar-refractivity contribution in [2.24, 2.45) is 0 Å². The zero-order chi connectivity index (χ0) is 31.2. The van der Waals surface area contributed by atoms with E-state index in [1.807, 2.05) is 32.6 Å². The van der Waals surface area contributed by atoms with Crippen molar-refractivity contribution in [1.29, 1.82) is 0 Å². The zero-order valence-electron chi connectivity index (χ0n) is 24.6. The van der Waals surface area contributed by atoms with Crippen molar-refractivity contribution >= 4 is 34.5 Å². The van der Waals surface area contributed by atoms with E-state index < -0.39 is 34.3 Å². The largest absolute Gasteiger partial charge is 0.507 e. The summed E-state index contributed by atoms with van der Waals surface area (Å²) in [5.41, 5.74) is 0.293. The number of pyridine rings is 2. The van der Waals surface area contributed by atoms with Gasteiger partial charge in [0, 0.05) is 36.8 Å². The lowest BCUT2D eigenvalue weighted by Gasteiger charge is -2.40. The Labute approximate surface area is 251 Å². The number of benzene rings is 1. The highest BCUT2D eigenvalue weighted by Crippen LogP contribution is 2.39. The van der Waals surface area contributed by atoms with Crippen molar-refractivity contribution in [3.05, 3.63) is 76.5 Å². The molecule has 0 saturated carbocycles. The third-order valence-corrected chi connectivity index (χ3v) is 8.41. The van der Waals surface area contributed by atoms with Crippen LogP contribution in [0.2, 0.25) is 0 Å². The van der Waals surface area contributed by atoms with Crippen LogP contribution in [0.5, 0.6) is 5.75 Å². The summed E-state index contributed by atoms with van der Waals surface area (Å²) in [4.78, 5) is 43.4. The van der Waals surface area contributed by atoms with Gasteiger partial charge in [0.1, 0.15) is 23.1 Å². The molecule has 224 valence electrons. The number of carbonyl (C=O) groups excluding carboxylic acids is 1. The average molecular weight is 607 g/mol. The third-order valence-electron chi connectivity index (χ3n) is 7.65. The van der Waals surface area contributed by atoms with Gasteiger partial charge < -0.3 is 14.9 Å². The molecular weight excluding hydrogens is 574 g/mol. The Balaban J connectivity index is 1.85. The first-order valence-corrected chi connectivity index (χ1v) is 15.0. The number of aromatic nitrogens is 4. The maximum Gasteiger partial charge on any atom is 0.355 e. The molecule has 0 radical (unpaired) electrons. The Morgan fingerprint density at radius 3 is 2.60 bits per heavy atom. The van der Waals surface area contributed by atoms with Crippen LogP contribution >= 0.6 is 11.8 Å². The molecule has 1 amide bonds. The number of aryl methyl sites for hydroxylation is 1. The smallest absolute Gasteiger partial charge is 0.355 e. The summed E-state index contributed by atoms with van der Waals surface area (Å²) in [5, 5.41) is 10.9. The van der Waals surface area contributed by atoms with Gasteiger partial charge in [0.2, 0.25) is 5.91 Å². The quantitative estimate of drug-likeness (QED) is 0.236. The standard InChI is InChI=1S/C31H32F2N6O3S/c1-7-23(41)37-12-13-38(18(5)15-37)29-19-14-20(32)27(24-21(40)8-9-22(43-6)25(24)33)35-30(19)39(31(42)36-29)28-17(4)10-11-34-26(28)16(2)3/h7-11,14,16,18,40H,1,12-13,15H2,2-6H3/t18-/m0/s1. The molecule has 5 rings (SSSR count). The first-order valence-electron chi connectivity index (χ1n) is 13.8. The number of hydrogen-bond donors (Lipinski definition) is 1. The van der Waals surface area contributed by atoms with Crippen molar-refractivity contribution in [1.82, 2.24) is 24.4 Å². The predicted octanol–water partition coefficient (Wildman–Crippen LogP) is 5.20. The van der Waals surface area contributed by atoms with Gasteiger partial charge in [-0.1, -0.05) is 20.4 Å². The van der Waals surface area contributed by atoms with E-state index in [0.29, 0.717) is 36.6 Å². The van der Waals surface area contributed by atoms with Crippen LogP contribution in [0.1, 0.15) is 37.9 Å². The van der Waals surface area contributed by atoms with E-state index in [-0.39, 0.29) is 39.6 Å². The Kier molecular flexibility index (Phi) is 8.24. The zero-order valence-corrected chi connectivity index (χ0v) is 25.4. The molecule has 1 atom stereocenters. The van der Waals surface area contributed by atoms with Crippen LogP contribution in [0.25, 0.3) is 28.0 Å². The number of piperazine rings is 1. The lowest BCUT2D eigenvalue weighted by molar-refractivity contribution is -0.126. The summed E-state index contributed by atoms with van der Waals surface area (Å²) >= 11 is 1.11. The highest BCUT2D eigenvalue weighted by atomic mass is 32.2. The van der Waals surface area contributed by atoms with Crippen molar-refractivity contribution in [2.75, 3.05) is 30.8 Å². The second kappa shape index (κ2) is 11.8. The van der Waals surface area contributed by atoms with E-state index in [9.17, 15) is 14.7 Å². The lowest BCUT2D eigenvalue weighted by atomic mass is 10.0. The molecule has 0 aliphatic carbocycles. The Morgan fingerprint density at radius 1 is 1.21 bits per heavy atom. The molecule has 9 nitrogen and oxygen atoms in total. The number of hydrogen-bond acceptors (Lipinski definition) is 8. The minimum Gasteiger partial charge on any atom is -0.507 e. The summed E-state index contributed by atoms with van der Waals surface area (Å²) in [6.45, 7) is 12.1. The maximum atomic E-state index is 16.0. The fourth-order valence-corrected chi connectivity index (χ4v) is 6.00. The molecule has 1 saturated heterocycles. The van der Waals surface area contributed by atoms with Crippen LogP contribution in [0, 0.1) is 18.6 Å². The molecule has 0 unspecified atom stereocenters. The first kappa shape index (κ1) is 30.1. The van der Waals surface area contributed by atoms with E-state index in [0.717, 1.165) is 11.8 Å².